The molecule has 0 bridgehead atoms. The zero-order chi connectivity index (χ0) is 14.8. The molecule has 1 N–H and O–H groups in total. The van der Waals surface area contributed by atoms with E-state index in [-0.39, 0.29) is 12.1 Å². The van der Waals surface area contributed by atoms with Gasteiger partial charge in [0.2, 0.25) is 0 Å². The summed E-state index contributed by atoms with van der Waals surface area (Å²) in [7, 11) is 0. The Kier molecular flexibility index (Phi) is 8.28. The van der Waals surface area contributed by atoms with Crippen molar-refractivity contribution < 1.29 is 14.6 Å². The molecular formula is C17H28O3. The first-order chi connectivity index (χ1) is 9.66. The SMILES string of the molecule is C=CCCCCCCCC/C=C/[C@H]1C(=O)O[C@@H](C)[C@H]1O. The zero-order valence-corrected chi connectivity index (χ0v) is 12.6. The van der Waals surface area contributed by atoms with Crippen LogP contribution in [0.1, 0.15) is 58.3 Å². The number of ether oxygens (including phenoxy) is 1. The van der Waals surface area contributed by atoms with Crippen molar-refractivity contribution in [3.63, 3.8) is 0 Å². The molecular weight excluding hydrogens is 252 g/mol. The van der Waals surface area contributed by atoms with Gasteiger partial charge in [0, 0.05) is 0 Å². The van der Waals surface area contributed by atoms with Gasteiger partial charge in [-0.05, 0) is 32.6 Å². The van der Waals surface area contributed by atoms with Crippen LogP contribution in [0.2, 0.25) is 0 Å². The fraction of sp³-hybridized carbons (Fsp3) is 0.706. The normalized spacial score (nSPS) is 26.1. The molecule has 114 valence electrons. The van der Waals surface area contributed by atoms with Gasteiger partial charge in [-0.25, -0.2) is 0 Å². The summed E-state index contributed by atoms with van der Waals surface area (Å²) in [6.07, 6.45) is 14.3. The van der Waals surface area contributed by atoms with Crippen LogP contribution in [0.15, 0.2) is 24.8 Å². The molecule has 3 heteroatoms. The third-order valence-electron chi connectivity index (χ3n) is 3.80. The molecule has 1 fully saturated rings. The molecule has 3 nitrogen and oxygen atoms in total. The lowest BCUT2D eigenvalue weighted by Crippen LogP contribution is -2.23. The number of hydrogen-bond donors (Lipinski definition) is 1. The number of aliphatic hydroxyl groups is 1. The topological polar surface area (TPSA) is 46.5 Å². The van der Waals surface area contributed by atoms with E-state index in [1.165, 1.54) is 32.1 Å². The number of rotatable bonds is 10. The fourth-order valence-corrected chi connectivity index (χ4v) is 2.46. The van der Waals surface area contributed by atoms with Gasteiger partial charge in [0.1, 0.15) is 18.1 Å². The molecule has 3 atom stereocenters. The first-order valence-corrected chi connectivity index (χ1v) is 7.83. The molecule has 0 spiro atoms. The van der Waals surface area contributed by atoms with Crippen molar-refractivity contribution >= 4 is 5.97 Å². The predicted octanol–water partition coefficient (Wildman–Crippen LogP) is 3.77. The quantitative estimate of drug-likeness (QED) is 0.376. The molecule has 1 aliphatic rings. The summed E-state index contributed by atoms with van der Waals surface area (Å²) in [6.45, 7) is 5.44. The Morgan fingerprint density at radius 2 is 1.75 bits per heavy atom. The molecule has 0 aliphatic carbocycles. The minimum Gasteiger partial charge on any atom is -0.459 e. The standard InChI is InChI=1S/C17H28O3/c1-3-4-5-6-7-8-9-10-11-12-13-15-16(18)14(2)20-17(15)19/h3,12-16,18H,1,4-11H2,2H3/b13-12+/t14-,15+,16+/m0/s1. The van der Waals surface area contributed by atoms with E-state index in [0.717, 1.165) is 19.3 Å². The van der Waals surface area contributed by atoms with Crippen molar-refractivity contribution in [1.29, 1.82) is 0 Å². The molecule has 1 aliphatic heterocycles. The van der Waals surface area contributed by atoms with E-state index in [9.17, 15) is 9.90 Å². The van der Waals surface area contributed by atoms with Gasteiger partial charge >= 0.3 is 5.97 Å². The molecule has 0 amide bonds. The number of allylic oxidation sites excluding steroid dienone is 2. The van der Waals surface area contributed by atoms with Crippen molar-refractivity contribution in [3.8, 4) is 0 Å². The van der Waals surface area contributed by atoms with Crippen molar-refractivity contribution in [1.82, 2.24) is 0 Å². The van der Waals surface area contributed by atoms with Gasteiger partial charge in [0.05, 0.1) is 0 Å². The van der Waals surface area contributed by atoms with Crippen LogP contribution in [-0.4, -0.2) is 23.3 Å². The van der Waals surface area contributed by atoms with E-state index in [2.05, 4.69) is 6.58 Å². The Bertz CT molecular complexity index is 322. The van der Waals surface area contributed by atoms with Gasteiger partial charge in [0.25, 0.3) is 0 Å². The van der Waals surface area contributed by atoms with Gasteiger partial charge < -0.3 is 9.84 Å². The summed E-state index contributed by atoms with van der Waals surface area (Å²) < 4.78 is 4.98. The van der Waals surface area contributed by atoms with Gasteiger partial charge in [-0.3, -0.25) is 4.79 Å². The van der Waals surface area contributed by atoms with Crippen LogP contribution in [0, 0.1) is 5.92 Å². The molecule has 0 radical (unpaired) electrons. The van der Waals surface area contributed by atoms with Gasteiger partial charge in [-0.15, -0.1) is 6.58 Å². The maximum absolute atomic E-state index is 11.4. The number of hydrogen-bond acceptors (Lipinski definition) is 3. The van der Waals surface area contributed by atoms with E-state index in [0.29, 0.717) is 0 Å². The number of unbranched alkanes of at least 4 members (excludes halogenated alkanes) is 7. The molecule has 1 saturated heterocycles. The average molecular weight is 280 g/mol. The number of carbonyl (C=O) groups is 1. The highest BCUT2D eigenvalue weighted by Crippen LogP contribution is 2.23. The lowest BCUT2D eigenvalue weighted by molar-refractivity contribution is -0.142. The Balaban J connectivity index is 2.02. The van der Waals surface area contributed by atoms with E-state index >= 15 is 0 Å². The van der Waals surface area contributed by atoms with Crippen LogP contribution >= 0.6 is 0 Å². The summed E-state index contributed by atoms with van der Waals surface area (Å²) in [6, 6.07) is 0. The Hall–Kier alpha value is -1.09. The minimum absolute atomic E-state index is 0.302. The summed E-state index contributed by atoms with van der Waals surface area (Å²) in [5.41, 5.74) is 0. The molecule has 1 heterocycles. The number of aliphatic hydroxyl groups excluding tert-OH is 1. The van der Waals surface area contributed by atoms with Crippen molar-refractivity contribution in [2.24, 2.45) is 5.92 Å². The third kappa shape index (κ3) is 5.91. The average Bonchev–Trinajstić information content (AvgIpc) is 2.67. The lowest BCUT2D eigenvalue weighted by atomic mass is 10.0. The number of esters is 1. The molecule has 0 aromatic carbocycles. The van der Waals surface area contributed by atoms with Crippen LogP contribution in [0.4, 0.5) is 0 Å². The van der Waals surface area contributed by atoms with Crippen molar-refractivity contribution in [3.05, 3.63) is 24.8 Å². The maximum Gasteiger partial charge on any atom is 0.315 e. The Morgan fingerprint density at radius 1 is 1.15 bits per heavy atom. The van der Waals surface area contributed by atoms with Gasteiger partial charge in [0.15, 0.2) is 0 Å². The summed E-state index contributed by atoms with van der Waals surface area (Å²) >= 11 is 0. The largest absolute Gasteiger partial charge is 0.459 e. The summed E-state index contributed by atoms with van der Waals surface area (Å²) in [4.78, 5) is 11.4. The van der Waals surface area contributed by atoms with Crippen molar-refractivity contribution in [2.45, 2.75) is 70.5 Å². The van der Waals surface area contributed by atoms with Crippen LogP contribution in [0.25, 0.3) is 0 Å². The third-order valence-corrected chi connectivity index (χ3v) is 3.80. The molecule has 20 heavy (non-hydrogen) atoms. The second-order valence-corrected chi connectivity index (χ2v) is 5.57. The first kappa shape index (κ1) is 17.0. The second-order valence-electron chi connectivity index (χ2n) is 5.57. The predicted molar refractivity (Wildman–Crippen MR) is 81.3 cm³/mol. The minimum atomic E-state index is -0.691. The van der Waals surface area contributed by atoms with Gasteiger partial charge in [-0.1, -0.05) is 43.9 Å². The zero-order valence-electron chi connectivity index (χ0n) is 12.6. The van der Waals surface area contributed by atoms with E-state index in [1.54, 1.807) is 13.0 Å². The fourth-order valence-electron chi connectivity index (χ4n) is 2.46. The smallest absolute Gasteiger partial charge is 0.315 e. The van der Waals surface area contributed by atoms with Crippen LogP contribution in [-0.2, 0) is 9.53 Å². The molecule has 0 aromatic heterocycles. The number of carbonyl (C=O) groups excluding carboxylic acids is 1. The summed E-state index contributed by atoms with van der Waals surface area (Å²) in [5, 5.41) is 9.77. The van der Waals surface area contributed by atoms with Crippen molar-refractivity contribution in [2.75, 3.05) is 0 Å². The highest BCUT2D eigenvalue weighted by molar-refractivity contribution is 5.77. The lowest BCUT2D eigenvalue weighted by Gasteiger charge is -2.07. The van der Waals surface area contributed by atoms with E-state index in [4.69, 9.17) is 4.74 Å². The van der Waals surface area contributed by atoms with Gasteiger partial charge in [-0.2, -0.15) is 0 Å². The van der Waals surface area contributed by atoms with Crippen LogP contribution < -0.4 is 0 Å². The van der Waals surface area contributed by atoms with E-state index in [1.807, 2.05) is 12.2 Å². The first-order valence-electron chi connectivity index (χ1n) is 7.83. The van der Waals surface area contributed by atoms with Crippen LogP contribution in [0.5, 0.6) is 0 Å². The second kappa shape index (κ2) is 9.76. The monoisotopic (exact) mass is 280 g/mol. The highest BCUT2D eigenvalue weighted by Gasteiger charge is 2.39. The maximum atomic E-state index is 11.4. The molecule has 1 rings (SSSR count). The van der Waals surface area contributed by atoms with E-state index < -0.39 is 12.0 Å². The molecule has 0 saturated carbocycles. The molecule has 0 unspecified atom stereocenters. The highest BCUT2D eigenvalue weighted by atomic mass is 16.6. The molecule has 0 aromatic rings. The van der Waals surface area contributed by atoms with Crippen LogP contribution in [0.3, 0.4) is 0 Å². The summed E-state index contributed by atoms with van der Waals surface area (Å²) in [5.74, 6) is -0.771. The Labute approximate surface area is 122 Å². The Morgan fingerprint density at radius 3 is 2.30 bits per heavy atom. The number of cyclic esters (lactones) is 1.